The van der Waals surface area contributed by atoms with Gasteiger partial charge in [0, 0.05) is 42.4 Å². The molecule has 2 aliphatic rings. The van der Waals surface area contributed by atoms with E-state index in [9.17, 15) is 20.2 Å². The lowest BCUT2D eigenvalue weighted by atomic mass is 9.90. The third kappa shape index (κ3) is 1.97. The number of hydrogen-bond donors (Lipinski definition) is 0. The molecule has 0 amide bonds. The highest BCUT2D eigenvalue weighted by atomic mass is 16.6. The summed E-state index contributed by atoms with van der Waals surface area (Å²) in [5.41, 5.74) is 1.73. The van der Waals surface area contributed by atoms with Crippen LogP contribution in [0, 0.1) is 20.2 Å². The Morgan fingerprint density at radius 3 is 2.62 bits per heavy atom. The summed E-state index contributed by atoms with van der Waals surface area (Å²) in [4.78, 5) is 23.1. The van der Waals surface area contributed by atoms with Gasteiger partial charge in [-0.05, 0) is 18.6 Å². The first kappa shape index (κ1) is 13.3. The number of nitro groups is 2. The molecule has 1 aromatic rings. The van der Waals surface area contributed by atoms with Gasteiger partial charge in [-0.1, -0.05) is 6.08 Å². The van der Waals surface area contributed by atoms with Crippen molar-refractivity contribution in [3.05, 3.63) is 67.9 Å². The zero-order valence-electron chi connectivity index (χ0n) is 11.3. The van der Waals surface area contributed by atoms with E-state index in [0.29, 0.717) is 0 Å². The summed E-state index contributed by atoms with van der Waals surface area (Å²) < 4.78 is 0. The van der Waals surface area contributed by atoms with Crippen LogP contribution in [0.4, 0.5) is 11.4 Å². The first-order chi connectivity index (χ1) is 10.0. The number of anilines is 1. The molecule has 7 nitrogen and oxygen atoms in total. The van der Waals surface area contributed by atoms with Gasteiger partial charge in [-0.3, -0.25) is 20.2 Å². The minimum Gasteiger partial charge on any atom is -0.364 e. The van der Waals surface area contributed by atoms with Crippen LogP contribution in [-0.2, 0) is 0 Å². The number of nitro benzene ring substituents is 1. The molecule has 2 atom stereocenters. The topological polar surface area (TPSA) is 89.5 Å². The maximum Gasteiger partial charge on any atom is 0.269 e. The maximum absolute atomic E-state index is 10.9. The van der Waals surface area contributed by atoms with Crippen LogP contribution in [0.2, 0.25) is 0 Å². The summed E-state index contributed by atoms with van der Waals surface area (Å²) in [6.45, 7) is 2.73. The number of nitrogens with zero attached hydrogens (tertiary/aromatic N) is 3. The Balaban J connectivity index is 2.12. The smallest absolute Gasteiger partial charge is 0.269 e. The maximum atomic E-state index is 10.9. The number of rotatable bonds is 3. The molecule has 108 valence electrons. The van der Waals surface area contributed by atoms with Gasteiger partial charge < -0.3 is 4.90 Å². The number of likely N-dealkylation sites (N-methyl/N-ethyl adjacent to an activating group) is 1. The molecule has 1 aliphatic carbocycles. The van der Waals surface area contributed by atoms with Crippen molar-refractivity contribution in [2.45, 2.75) is 18.9 Å². The molecule has 0 aromatic heterocycles. The zero-order valence-corrected chi connectivity index (χ0v) is 11.3. The van der Waals surface area contributed by atoms with Crippen molar-refractivity contribution in [1.82, 2.24) is 0 Å². The lowest BCUT2D eigenvalue weighted by molar-refractivity contribution is -0.419. The fraction of sp³-hybridized carbons (Fsp3) is 0.286. The molecule has 1 aliphatic heterocycles. The monoisotopic (exact) mass is 287 g/mol. The van der Waals surface area contributed by atoms with E-state index in [0.717, 1.165) is 17.8 Å². The van der Waals surface area contributed by atoms with E-state index in [4.69, 9.17) is 0 Å². The molecule has 0 spiro atoms. The van der Waals surface area contributed by atoms with Crippen LogP contribution in [-0.4, -0.2) is 22.4 Å². The Bertz CT molecular complexity index is 695. The number of allylic oxidation sites excluding steroid dienone is 1. The molecule has 1 aromatic carbocycles. The van der Waals surface area contributed by atoms with Gasteiger partial charge in [-0.15, -0.1) is 0 Å². The quantitative estimate of drug-likeness (QED) is 0.629. The summed E-state index contributed by atoms with van der Waals surface area (Å²) in [5, 5.41) is 21.9. The van der Waals surface area contributed by atoms with E-state index in [-0.39, 0.29) is 23.3 Å². The Morgan fingerprint density at radius 2 is 2.00 bits per heavy atom. The van der Waals surface area contributed by atoms with Gasteiger partial charge in [0.1, 0.15) is 0 Å². The van der Waals surface area contributed by atoms with E-state index >= 15 is 0 Å². The standard InChI is InChI=1S/C14H13N3O4/c1-2-15-13-5-3-9(16(18)19)7-11(13)12-8-10(17(20)21)4-6-14(12)15/h3-8,11,13H,2H2,1H3/t11-,13?/m1/s1. The van der Waals surface area contributed by atoms with Crippen molar-refractivity contribution >= 4 is 11.4 Å². The van der Waals surface area contributed by atoms with E-state index < -0.39 is 9.85 Å². The number of benzene rings is 1. The molecule has 0 bridgehead atoms. The molecule has 0 saturated heterocycles. The normalized spacial score (nSPS) is 22.5. The average Bonchev–Trinajstić information content (AvgIpc) is 2.79. The third-order valence-corrected chi connectivity index (χ3v) is 3.98. The minimum atomic E-state index is -0.444. The zero-order chi connectivity index (χ0) is 15.1. The minimum absolute atomic E-state index is 0.0102. The lowest BCUT2D eigenvalue weighted by Crippen LogP contribution is -2.33. The largest absolute Gasteiger partial charge is 0.364 e. The van der Waals surface area contributed by atoms with E-state index in [2.05, 4.69) is 4.90 Å². The van der Waals surface area contributed by atoms with Crippen molar-refractivity contribution in [3.63, 3.8) is 0 Å². The predicted molar refractivity (Wildman–Crippen MR) is 76.9 cm³/mol. The fourth-order valence-corrected chi connectivity index (χ4v) is 3.07. The summed E-state index contributed by atoms with van der Waals surface area (Å²) in [5.74, 6) is -0.217. The molecule has 21 heavy (non-hydrogen) atoms. The van der Waals surface area contributed by atoms with Crippen molar-refractivity contribution < 1.29 is 9.85 Å². The Hall–Kier alpha value is -2.70. The van der Waals surface area contributed by atoms with Gasteiger partial charge in [0.2, 0.25) is 0 Å². The number of fused-ring (bicyclic) bond motifs is 3. The summed E-state index contributed by atoms with van der Waals surface area (Å²) >= 11 is 0. The number of non-ortho nitro benzene ring substituents is 1. The molecule has 0 radical (unpaired) electrons. The van der Waals surface area contributed by atoms with Crippen LogP contribution in [0.25, 0.3) is 0 Å². The molecule has 0 N–H and O–H groups in total. The van der Waals surface area contributed by atoms with Crippen LogP contribution in [0.1, 0.15) is 18.4 Å². The molecule has 0 fully saturated rings. The van der Waals surface area contributed by atoms with Crippen LogP contribution >= 0.6 is 0 Å². The molecule has 3 rings (SSSR count). The van der Waals surface area contributed by atoms with Crippen molar-refractivity contribution in [2.24, 2.45) is 0 Å². The van der Waals surface area contributed by atoms with Gasteiger partial charge in [0.15, 0.2) is 0 Å². The summed E-state index contributed by atoms with van der Waals surface area (Å²) in [7, 11) is 0. The van der Waals surface area contributed by atoms with Gasteiger partial charge in [0.25, 0.3) is 11.4 Å². The van der Waals surface area contributed by atoms with Crippen molar-refractivity contribution in [1.29, 1.82) is 0 Å². The van der Waals surface area contributed by atoms with Gasteiger partial charge >= 0.3 is 0 Å². The number of hydrogen-bond acceptors (Lipinski definition) is 5. The van der Waals surface area contributed by atoms with Gasteiger partial charge in [-0.25, -0.2) is 0 Å². The lowest BCUT2D eigenvalue weighted by Gasteiger charge is -2.26. The highest BCUT2D eigenvalue weighted by Gasteiger charge is 2.39. The third-order valence-electron chi connectivity index (χ3n) is 3.98. The molecule has 7 heteroatoms. The van der Waals surface area contributed by atoms with Crippen LogP contribution in [0.5, 0.6) is 0 Å². The highest BCUT2D eigenvalue weighted by molar-refractivity contribution is 5.68. The Morgan fingerprint density at radius 1 is 1.24 bits per heavy atom. The second-order valence-corrected chi connectivity index (χ2v) is 5.01. The van der Waals surface area contributed by atoms with Crippen LogP contribution in [0.15, 0.2) is 42.1 Å². The Labute approximate surface area is 120 Å². The van der Waals surface area contributed by atoms with E-state index in [1.165, 1.54) is 18.2 Å². The molecular formula is C14H13N3O4. The van der Waals surface area contributed by atoms with E-state index in [1.807, 2.05) is 6.92 Å². The summed E-state index contributed by atoms with van der Waals surface area (Å²) in [6.07, 6.45) is 4.89. The predicted octanol–water partition coefficient (Wildman–Crippen LogP) is 2.62. The van der Waals surface area contributed by atoms with Crippen molar-refractivity contribution in [3.8, 4) is 0 Å². The molecule has 1 heterocycles. The van der Waals surface area contributed by atoms with Crippen LogP contribution < -0.4 is 4.90 Å². The van der Waals surface area contributed by atoms with Gasteiger partial charge in [0.05, 0.1) is 15.9 Å². The molecule has 1 unspecified atom stereocenters. The molecule has 0 saturated carbocycles. The SMILES string of the molecule is CCN1c2ccc([N+](=O)[O-])cc2[C@H]2C=C([N+](=O)[O-])C=CC21. The first-order valence-electron chi connectivity index (χ1n) is 6.62. The Kier molecular flexibility index (Phi) is 2.97. The summed E-state index contributed by atoms with van der Waals surface area (Å²) in [6, 6.07) is 4.70. The van der Waals surface area contributed by atoms with Crippen LogP contribution in [0.3, 0.4) is 0 Å². The fourth-order valence-electron chi connectivity index (χ4n) is 3.07. The van der Waals surface area contributed by atoms with Gasteiger partial charge in [-0.2, -0.15) is 0 Å². The highest BCUT2D eigenvalue weighted by Crippen LogP contribution is 2.45. The second kappa shape index (κ2) is 4.69. The second-order valence-electron chi connectivity index (χ2n) is 5.01. The first-order valence-corrected chi connectivity index (χ1v) is 6.62. The van der Waals surface area contributed by atoms with Crippen molar-refractivity contribution in [2.75, 3.05) is 11.4 Å². The molecular weight excluding hydrogens is 274 g/mol. The average molecular weight is 287 g/mol. The van der Waals surface area contributed by atoms with E-state index in [1.54, 1.807) is 18.2 Å².